The Morgan fingerprint density at radius 1 is 0.349 bits per heavy atom. The van der Waals surface area contributed by atoms with E-state index in [1.807, 2.05) is 72.0 Å². The standard InChI is InChI=1S/C57H34N4OS/c1-3-14-36(15-4-1)55-58-56(37-16-5-2-6-17-37)60-57(59-55)38-28-26-35(27-29-38)41-31-32-49-53(54(41)61-46-22-10-7-18-42(46)43-19-8-11-23-47(43)61)52-40(21-13-24-48(52)62-49)39-30-33-51-45(34-39)44-20-9-12-25-50(44)63-51/h1-34H. The minimum absolute atomic E-state index is 0.619. The molecule has 9 aromatic carbocycles. The summed E-state index contributed by atoms with van der Waals surface area (Å²) in [5, 5.41) is 7.12. The van der Waals surface area contributed by atoms with Crippen LogP contribution in [-0.4, -0.2) is 19.5 Å². The Hall–Kier alpha value is -8.19. The molecule has 294 valence electrons. The molecule has 0 saturated carbocycles. The molecule has 0 aliphatic carbocycles. The lowest BCUT2D eigenvalue weighted by molar-refractivity contribution is 0.669. The van der Waals surface area contributed by atoms with Gasteiger partial charge in [0.2, 0.25) is 0 Å². The number of aromatic nitrogens is 4. The molecule has 0 N–H and O–H groups in total. The molecule has 0 unspecified atom stereocenters. The van der Waals surface area contributed by atoms with E-state index in [4.69, 9.17) is 19.4 Å². The summed E-state index contributed by atoms with van der Waals surface area (Å²) in [6, 6.07) is 72.7. The first-order valence-electron chi connectivity index (χ1n) is 21.1. The van der Waals surface area contributed by atoms with Crippen molar-refractivity contribution in [2.24, 2.45) is 0 Å². The molecule has 0 bridgehead atoms. The van der Waals surface area contributed by atoms with Gasteiger partial charge in [-0.2, -0.15) is 0 Å². The van der Waals surface area contributed by atoms with Crippen molar-refractivity contribution in [1.82, 2.24) is 19.5 Å². The molecule has 0 atom stereocenters. The molecule has 0 fully saturated rings. The van der Waals surface area contributed by atoms with Crippen LogP contribution >= 0.6 is 11.3 Å². The molecule has 0 aliphatic rings. The predicted molar refractivity (Wildman–Crippen MR) is 262 cm³/mol. The van der Waals surface area contributed by atoms with Crippen molar-refractivity contribution in [1.29, 1.82) is 0 Å². The molecule has 0 spiro atoms. The fourth-order valence-corrected chi connectivity index (χ4v) is 10.5. The van der Waals surface area contributed by atoms with E-state index < -0.39 is 0 Å². The third-order valence-electron chi connectivity index (χ3n) is 12.3. The number of para-hydroxylation sites is 2. The number of hydrogen-bond acceptors (Lipinski definition) is 5. The molecule has 63 heavy (non-hydrogen) atoms. The number of nitrogens with zero attached hydrogens (tertiary/aromatic N) is 4. The number of furan rings is 1. The minimum atomic E-state index is 0.619. The largest absolute Gasteiger partial charge is 0.456 e. The van der Waals surface area contributed by atoms with Crippen LogP contribution in [0.5, 0.6) is 0 Å². The zero-order valence-electron chi connectivity index (χ0n) is 33.7. The third-order valence-corrected chi connectivity index (χ3v) is 13.4. The number of fused-ring (bicyclic) bond motifs is 9. The van der Waals surface area contributed by atoms with Gasteiger partial charge in [-0.15, -0.1) is 11.3 Å². The number of benzene rings is 9. The molecule has 0 radical (unpaired) electrons. The summed E-state index contributed by atoms with van der Waals surface area (Å²) in [4.78, 5) is 15.0. The SMILES string of the molecule is c1ccc(-c2nc(-c3ccccc3)nc(-c3ccc(-c4ccc5oc6cccc(-c7ccc8sc9ccccc9c8c7)c6c5c4-n4c5ccccc5c5ccccc54)cc3)n2)cc1. The van der Waals surface area contributed by atoms with Crippen molar-refractivity contribution in [3.8, 4) is 62.1 Å². The van der Waals surface area contributed by atoms with Gasteiger partial charge in [0.1, 0.15) is 11.2 Å². The van der Waals surface area contributed by atoms with Crippen LogP contribution in [0.3, 0.4) is 0 Å². The molecule has 4 aromatic heterocycles. The van der Waals surface area contributed by atoms with Crippen LogP contribution in [0, 0.1) is 0 Å². The van der Waals surface area contributed by atoms with E-state index in [1.165, 1.54) is 30.9 Å². The van der Waals surface area contributed by atoms with Gasteiger partial charge in [-0.3, -0.25) is 0 Å². The van der Waals surface area contributed by atoms with Crippen LogP contribution in [0.1, 0.15) is 0 Å². The highest BCUT2D eigenvalue weighted by molar-refractivity contribution is 7.25. The zero-order valence-corrected chi connectivity index (χ0v) is 34.6. The Morgan fingerprint density at radius 3 is 1.54 bits per heavy atom. The maximum absolute atomic E-state index is 6.85. The van der Waals surface area contributed by atoms with E-state index in [-0.39, 0.29) is 0 Å². The Morgan fingerprint density at radius 2 is 0.873 bits per heavy atom. The molecule has 0 amide bonds. The Labute approximate surface area is 365 Å². The fourth-order valence-electron chi connectivity index (χ4n) is 9.39. The summed E-state index contributed by atoms with van der Waals surface area (Å²) < 4.78 is 11.9. The highest BCUT2D eigenvalue weighted by Crippen LogP contribution is 2.47. The zero-order chi connectivity index (χ0) is 41.4. The monoisotopic (exact) mass is 822 g/mol. The Balaban J connectivity index is 1.06. The first kappa shape index (κ1) is 35.6. The van der Waals surface area contributed by atoms with Crippen molar-refractivity contribution < 1.29 is 4.42 Å². The first-order chi connectivity index (χ1) is 31.2. The average molecular weight is 823 g/mol. The Kier molecular flexibility index (Phi) is 8.01. The molecule has 4 heterocycles. The van der Waals surface area contributed by atoms with Crippen molar-refractivity contribution in [3.05, 3.63) is 206 Å². The van der Waals surface area contributed by atoms with Crippen molar-refractivity contribution in [3.63, 3.8) is 0 Å². The fraction of sp³-hybridized carbons (Fsp3) is 0. The van der Waals surface area contributed by atoms with Gasteiger partial charge in [0.25, 0.3) is 0 Å². The lowest BCUT2D eigenvalue weighted by Crippen LogP contribution is -2.00. The lowest BCUT2D eigenvalue weighted by atomic mass is 9.94. The third kappa shape index (κ3) is 5.73. The summed E-state index contributed by atoms with van der Waals surface area (Å²) in [6.45, 7) is 0. The molecular formula is C57H34N4OS. The van der Waals surface area contributed by atoms with E-state index in [2.05, 4.69) is 150 Å². The van der Waals surface area contributed by atoms with Crippen molar-refractivity contribution in [2.75, 3.05) is 0 Å². The predicted octanol–water partition coefficient (Wildman–Crippen LogP) is 15.6. The molecule has 0 aliphatic heterocycles. The van der Waals surface area contributed by atoms with E-state index >= 15 is 0 Å². The number of hydrogen-bond donors (Lipinski definition) is 0. The van der Waals surface area contributed by atoms with Gasteiger partial charge in [0.05, 0.1) is 22.1 Å². The second-order valence-corrected chi connectivity index (χ2v) is 17.0. The minimum Gasteiger partial charge on any atom is -0.456 e. The van der Waals surface area contributed by atoms with Crippen molar-refractivity contribution >= 4 is 75.3 Å². The van der Waals surface area contributed by atoms with Crippen LogP contribution in [0.2, 0.25) is 0 Å². The van der Waals surface area contributed by atoms with Gasteiger partial charge in [-0.25, -0.2) is 15.0 Å². The lowest BCUT2D eigenvalue weighted by Gasteiger charge is -2.17. The molecular weight excluding hydrogens is 789 g/mol. The van der Waals surface area contributed by atoms with Crippen LogP contribution in [0.15, 0.2) is 211 Å². The van der Waals surface area contributed by atoms with E-state index in [9.17, 15) is 0 Å². The molecule has 6 heteroatoms. The first-order valence-corrected chi connectivity index (χ1v) is 21.9. The second-order valence-electron chi connectivity index (χ2n) is 15.9. The molecule has 13 rings (SSSR count). The maximum atomic E-state index is 6.85. The van der Waals surface area contributed by atoms with Gasteiger partial charge >= 0.3 is 0 Å². The van der Waals surface area contributed by atoms with Crippen LogP contribution < -0.4 is 0 Å². The van der Waals surface area contributed by atoms with E-state index in [0.29, 0.717) is 17.5 Å². The summed E-state index contributed by atoms with van der Waals surface area (Å²) in [5.74, 6) is 1.89. The topological polar surface area (TPSA) is 56.7 Å². The normalized spacial score (nSPS) is 11.8. The molecule has 0 saturated heterocycles. The summed E-state index contributed by atoms with van der Waals surface area (Å²) in [7, 11) is 0. The average Bonchev–Trinajstić information content (AvgIpc) is 4.04. The van der Waals surface area contributed by atoms with Crippen LogP contribution in [-0.2, 0) is 0 Å². The summed E-state index contributed by atoms with van der Waals surface area (Å²) >= 11 is 1.84. The molecule has 5 nitrogen and oxygen atoms in total. The highest BCUT2D eigenvalue weighted by Gasteiger charge is 2.24. The second kappa shape index (κ2) is 14.2. The van der Waals surface area contributed by atoms with Gasteiger partial charge in [0, 0.05) is 58.6 Å². The van der Waals surface area contributed by atoms with E-state index in [0.717, 1.165) is 77.6 Å². The Bertz CT molecular complexity index is 3790. The highest BCUT2D eigenvalue weighted by atomic mass is 32.1. The number of rotatable bonds is 6. The van der Waals surface area contributed by atoms with Crippen molar-refractivity contribution in [2.45, 2.75) is 0 Å². The summed E-state index contributed by atoms with van der Waals surface area (Å²) in [6.07, 6.45) is 0. The maximum Gasteiger partial charge on any atom is 0.164 e. The van der Waals surface area contributed by atoms with E-state index in [1.54, 1.807) is 0 Å². The smallest absolute Gasteiger partial charge is 0.164 e. The van der Waals surface area contributed by atoms with Gasteiger partial charge in [-0.05, 0) is 65.2 Å². The van der Waals surface area contributed by atoms with Gasteiger partial charge in [-0.1, -0.05) is 158 Å². The quantitative estimate of drug-likeness (QED) is 0.168. The molecule has 13 aromatic rings. The van der Waals surface area contributed by atoms with Crippen LogP contribution in [0.25, 0.3) is 126 Å². The number of thiophene rings is 1. The van der Waals surface area contributed by atoms with Gasteiger partial charge < -0.3 is 8.98 Å². The van der Waals surface area contributed by atoms with Gasteiger partial charge in [0.15, 0.2) is 17.5 Å². The van der Waals surface area contributed by atoms with Crippen LogP contribution in [0.4, 0.5) is 0 Å². The summed E-state index contributed by atoms with van der Waals surface area (Å²) in [5.41, 5.74) is 12.3.